The Kier molecular flexibility index (Phi) is 9.81. The number of ether oxygens (including phenoxy) is 6. The second kappa shape index (κ2) is 14.7. The highest BCUT2D eigenvalue weighted by atomic mass is 16.6. The van der Waals surface area contributed by atoms with E-state index < -0.39 is 17.7 Å². The van der Waals surface area contributed by atoms with Crippen LogP contribution in [-0.2, 0) is 25.3 Å². The van der Waals surface area contributed by atoms with Gasteiger partial charge in [-0.3, -0.25) is 0 Å². The van der Waals surface area contributed by atoms with Crippen LogP contribution in [-0.4, -0.2) is 52.6 Å². The van der Waals surface area contributed by atoms with Crippen LogP contribution in [0.1, 0.15) is 48.6 Å². The number of esters is 1. The molecule has 0 saturated heterocycles. The van der Waals surface area contributed by atoms with Gasteiger partial charge >= 0.3 is 12.1 Å². The predicted octanol–water partition coefficient (Wildman–Crippen LogP) is 8.74. The van der Waals surface area contributed by atoms with Crippen LogP contribution in [0.25, 0.3) is 28.0 Å². The van der Waals surface area contributed by atoms with Gasteiger partial charge in [-0.25, -0.2) is 9.59 Å². The first-order chi connectivity index (χ1) is 26.1. The van der Waals surface area contributed by atoms with Crippen molar-refractivity contribution in [1.82, 2.24) is 5.32 Å². The van der Waals surface area contributed by atoms with Crippen LogP contribution in [0.3, 0.4) is 0 Å². The van der Waals surface area contributed by atoms with Crippen molar-refractivity contribution < 1.29 is 38.0 Å². The maximum Gasteiger partial charge on any atom is 0.407 e. The first-order valence-corrected chi connectivity index (χ1v) is 17.9. The molecule has 276 valence electrons. The molecular formula is C45H43NO8. The zero-order chi connectivity index (χ0) is 38.0. The number of hydrogen-bond donors (Lipinski definition) is 1. The first kappa shape index (κ1) is 36.2. The van der Waals surface area contributed by atoms with Gasteiger partial charge in [0.15, 0.2) is 17.1 Å². The van der Waals surface area contributed by atoms with E-state index in [4.69, 9.17) is 28.4 Å². The summed E-state index contributed by atoms with van der Waals surface area (Å²) in [6, 6.07) is 30.6. The van der Waals surface area contributed by atoms with Crippen LogP contribution >= 0.6 is 0 Å². The minimum atomic E-state index is -0.976. The van der Waals surface area contributed by atoms with Crippen LogP contribution in [0.15, 0.2) is 109 Å². The van der Waals surface area contributed by atoms with E-state index in [1.54, 1.807) is 21.1 Å². The topological polar surface area (TPSA) is 102 Å². The normalized spacial score (nSPS) is 15.9. The van der Waals surface area contributed by atoms with Gasteiger partial charge in [0.2, 0.25) is 0 Å². The number of carbonyl (C=O) groups is 2. The molecule has 0 radical (unpaired) electrons. The number of hydrogen-bond acceptors (Lipinski definition) is 8. The van der Waals surface area contributed by atoms with E-state index in [1.807, 2.05) is 48.5 Å². The molecule has 0 spiro atoms. The largest absolute Gasteiger partial charge is 0.493 e. The van der Waals surface area contributed by atoms with Crippen molar-refractivity contribution in [2.24, 2.45) is 0 Å². The molecule has 1 heterocycles. The van der Waals surface area contributed by atoms with Crippen molar-refractivity contribution >= 4 is 28.9 Å². The zero-order valence-electron chi connectivity index (χ0n) is 31.1. The lowest BCUT2D eigenvalue weighted by Gasteiger charge is -2.38. The summed E-state index contributed by atoms with van der Waals surface area (Å²) in [6.07, 6.45) is 3.73. The summed E-state index contributed by atoms with van der Waals surface area (Å²) in [5, 5.41) is 4.49. The summed E-state index contributed by atoms with van der Waals surface area (Å²) >= 11 is 0. The van der Waals surface area contributed by atoms with E-state index in [-0.39, 0.29) is 31.8 Å². The third-order valence-electron chi connectivity index (χ3n) is 10.1. The van der Waals surface area contributed by atoms with Gasteiger partial charge < -0.3 is 33.7 Å². The summed E-state index contributed by atoms with van der Waals surface area (Å²) in [4.78, 5) is 23.5. The number of amides is 1. The van der Waals surface area contributed by atoms with Crippen molar-refractivity contribution in [2.75, 3.05) is 40.6 Å². The summed E-state index contributed by atoms with van der Waals surface area (Å²) < 4.78 is 35.1. The summed E-state index contributed by atoms with van der Waals surface area (Å²) in [5.41, 5.74) is 6.79. The summed E-state index contributed by atoms with van der Waals surface area (Å²) in [6.45, 7) is 9.94. The molecule has 5 aromatic rings. The maximum atomic E-state index is 12.0. The maximum absolute atomic E-state index is 12.0. The number of methoxy groups -OCH3 is 2. The molecule has 5 aromatic carbocycles. The van der Waals surface area contributed by atoms with Crippen molar-refractivity contribution in [3.8, 4) is 34.1 Å². The Morgan fingerprint density at radius 1 is 0.796 bits per heavy atom. The highest BCUT2D eigenvalue weighted by molar-refractivity contribution is 6.09. The van der Waals surface area contributed by atoms with Crippen LogP contribution in [0, 0.1) is 0 Å². The number of nitrogens with one attached hydrogen (secondary N) is 1. The zero-order valence-corrected chi connectivity index (χ0v) is 31.1. The Morgan fingerprint density at radius 3 is 2.17 bits per heavy atom. The lowest BCUT2D eigenvalue weighted by Crippen LogP contribution is -2.35. The molecule has 0 aromatic heterocycles. The molecule has 1 amide bonds. The summed E-state index contributed by atoms with van der Waals surface area (Å²) in [5.74, 6) is 2.13. The van der Waals surface area contributed by atoms with E-state index in [1.165, 1.54) is 22.3 Å². The molecule has 1 aliphatic carbocycles. The minimum Gasteiger partial charge on any atom is -0.493 e. The van der Waals surface area contributed by atoms with E-state index in [0.717, 1.165) is 33.2 Å². The smallest absolute Gasteiger partial charge is 0.407 e. The van der Waals surface area contributed by atoms with Crippen LogP contribution < -0.4 is 24.3 Å². The third-order valence-corrected chi connectivity index (χ3v) is 10.1. The minimum absolute atomic E-state index is 0.0201. The monoisotopic (exact) mass is 725 g/mol. The average Bonchev–Trinajstić information content (AvgIpc) is 3.44. The molecule has 1 unspecified atom stereocenters. The number of carbonyl (C=O) groups excluding carboxylic acids is 2. The van der Waals surface area contributed by atoms with Crippen molar-refractivity contribution in [1.29, 1.82) is 0 Å². The van der Waals surface area contributed by atoms with E-state index in [2.05, 4.69) is 80.4 Å². The van der Waals surface area contributed by atoms with Gasteiger partial charge in [0.1, 0.15) is 31.3 Å². The molecule has 0 saturated carbocycles. The van der Waals surface area contributed by atoms with Crippen LogP contribution in [0.4, 0.5) is 4.79 Å². The van der Waals surface area contributed by atoms with Gasteiger partial charge in [0, 0.05) is 33.1 Å². The molecular weight excluding hydrogens is 682 g/mol. The van der Waals surface area contributed by atoms with Gasteiger partial charge in [0.25, 0.3) is 0 Å². The third kappa shape index (κ3) is 6.40. The second-order valence-corrected chi connectivity index (χ2v) is 13.8. The summed E-state index contributed by atoms with van der Waals surface area (Å²) in [7, 11) is 3.31. The number of fused-ring (bicyclic) bond motifs is 8. The molecule has 0 bridgehead atoms. The Balaban J connectivity index is 1.19. The lowest BCUT2D eigenvalue weighted by atomic mass is 9.77. The second-order valence-electron chi connectivity index (χ2n) is 13.8. The number of alkyl carbamates (subject to hydrolysis) is 1. The van der Waals surface area contributed by atoms with E-state index >= 15 is 0 Å². The average molecular weight is 726 g/mol. The highest BCUT2D eigenvalue weighted by Crippen LogP contribution is 2.59. The Bertz CT molecular complexity index is 2280. The van der Waals surface area contributed by atoms with E-state index in [9.17, 15) is 9.59 Å². The van der Waals surface area contributed by atoms with Gasteiger partial charge in [-0.1, -0.05) is 93.2 Å². The van der Waals surface area contributed by atoms with Gasteiger partial charge in [-0.2, -0.15) is 0 Å². The van der Waals surface area contributed by atoms with Gasteiger partial charge in [-0.05, 0) is 64.9 Å². The number of benzene rings is 5. The fraction of sp³-hybridized carbons (Fsp3) is 0.244. The quantitative estimate of drug-likeness (QED) is 0.0775. The molecule has 1 N–H and O–H groups in total. The van der Waals surface area contributed by atoms with E-state index in [0.29, 0.717) is 22.8 Å². The van der Waals surface area contributed by atoms with Crippen LogP contribution in [0.5, 0.6) is 23.0 Å². The molecule has 1 aliphatic heterocycles. The van der Waals surface area contributed by atoms with Crippen molar-refractivity contribution in [3.63, 3.8) is 0 Å². The molecule has 9 nitrogen and oxygen atoms in total. The molecule has 54 heavy (non-hydrogen) atoms. The standard InChI is InChI=1S/C45H43NO8/c1-28(2)42(47)52-23-22-46-43(48)53-25-24-51-31-18-16-30(17-19-31)45(29-12-8-7-9-13-29)21-20-33-40-39(32-14-10-11-15-36(32)44(40,3)4)34-26-37(49-5)38(50-6)27-35(34)41(33)54-45/h7-21,26-27H,1,22-25H2,2-6H3,(H,46,48). The predicted molar refractivity (Wildman–Crippen MR) is 209 cm³/mol. The molecule has 1 atom stereocenters. The molecule has 7 rings (SSSR count). The fourth-order valence-corrected chi connectivity index (χ4v) is 7.50. The Labute approximate surface area is 315 Å². The fourth-order valence-electron chi connectivity index (χ4n) is 7.50. The van der Waals surface area contributed by atoms with Crippen LogP contribution in [0.2, 0.25) is 0 Å². The SMILES string of the molecule is C=C(C)C(=O)OCCNC(=O)OCCOc1ccc(C2(c3ccccc3)C=Cc3c4c(c5cc(OC)c(OC)cc5c3O2)-c2ccccc2C4(C)C)cc1. The van der Waals surface area contributed by atoms with Gasteiger partial charge in [-0.15, -0.1) is 0 Å². The highest BCUT2D eigenvalue weighted by Gasteiger charge is 2.44. The molecule has 9 heteroatoms. The lowest BCUT2D eigenvalue weighted by molar-refractivity contribution is -0.138. The van der Waals surface area contributed by atoms with Gasteiger partial charge in [0.05, 0.1) is 20.8 Å². The number of rotatable bonds is 12. The Morgan fingerprint density at radius 2 is 1.46 bits per heavy atom. The Hall–Kier alpha value is -6.22. The van der Waals surface area contributed by atoms with Crippen molar-refractivity contribution in [2.45, 2.75) is 31.8 Å². The molecule has 0 fully saturated rings. The molecule has 2 aliphatic rings. The van der Waals surface area contributed by atoms with Crippen molar-refractivity contribution in [3.05, 3.63) is 137 Å². The first-order valence-electron chi connectivity index (χ1n) is 17.9.